The second-order valence-electron chi connectivity index (χ2n) is 14.1. The first-order chi connectivity index (χ1) is 21.0. The second kappa shape index (κ2) is 9.85. The Balaban J connectivity index is 1.59. The molecule has 232 valence electrons. The molecule has 8 nitrogen and oxygen atoms in total. The van der Waals surface area contributed by atoms with Gasteiger partial charge in [0.1, 0.15) is 17.5 Å². The maximum atomic E-state index is 14.5. The molecule has 0 spiro atoms. The molecule has 0 amide bonds. The number of benzene rings is 3. The molecule has 2 N–H and O–H groups in total. The summed E-state index contributed by atoms with van der Waals surface area (Å²) < 4.78 is 0. The van der Waals surface area contributed by atoms with Crippen molar-refractivity contribution in [3.8, 4) is 16.9 Å². The summed E-state index contributed by atoms with van der Waals surface area (Å²) in [6.07, 6.45) is 0.105. The molecule has 0 heterocycles. The number of carbonyl (C=O) groups excluding carboxylic acids is 6. The smallest absolute Gasteiger partial charge is 0.190 e. The molecule has 3 unspecified atom stereocenters. The Hall–Kier alpha value is -4.30. The predicted molar refractivity (Wildman–Crippen MR) is 166 cm³/mol. The first-order valence-electron chi connectivity index (χ1n) is 15.3. The fraction of sp³-hybridized carbons (Fsp3) is 0.405. The summed E-state index contributed by atoms with van der Waals surface area (Å²) >= 11 is 0. The molecule has 2 fully saturated rings. The van der Waals surface area contributed by atoms with Crippen LogP contribution in [0.3, 0.4) is 0 Å². The summed E-state index contributed by atoms with van der Waals surface area (Å²) in [5.74, 6) is -9.39. The first-order valence-corrected chi connectivity index (χ1v) is 15.3. The number of ketones is 6. The Kier molecular flexibility index (Phi) is 6.72. The SMILES string of the molecule is CC(=O)c1ccc(-c2ccc(O)c3c2C[C@]2(C)C[C@]4(C)C(C(C)C)C(=O)C(C(C)=O)C(=O)[C@]4(O)C(=O)C2C3=O)c2ccccc12. The number of rotatable bonds is 4. The number of aromatic hydroxyl groups is 1. The van der Waals surface area contributed by atoms with E-state index in [1.54, 1.807) is 39.8 Å². The van der Waals surface area contributed by atoms with E-state index in [1.165, 1.54) is 13.0 Å². The van der Waals surface area contributed by atoms with Crippen molar-refractivity contribution < 1.29 is 39.0 Å². The number of aliphatic hydroxyl groups is 1. The normalized spacial score (nSPS) is 31.1. The molecule has 2 saturated carbocycles. The monoisotopic (exact) mass is 608 g/mol. The van der Waals surface area contributed by atoms with Crippen LogP contribution in [-0.4, -0.2) is 50.5 Å². The van der Waals surface area contributed by atoms with Crippen molar-refractivity contribution in [3.05, 3.63) is 65.2 Å². The lowest BCUT2D eigenvalue weighted by Crippen LogP contribution is -2.76. The van der Waals surface area contributed by atoms with E-state index in [0.29, 0.717) is 16.7 Å². The highest BCUT2D eigenvalue weighted by atomic mass is 16.3. The third-order valence-corrected chi connectivity index (χ3v) is 10.9. The zero-order valence-corrected chi connectivity index (χ0v) is 26.2. The molecule has 45 heavy (non-hydrogen) atoms. The van der Waals surface area contributed by atoms with Crippen LogP contribution < -0.4 is 0 Å². The van der Waals surface area contributed by atoms with Gasteiger partial charge in [0, 0.05) is 16.9 Å². The molecule has 3 aliphatic carbocycles. The van der Waals surface area contributed by atoms with Gasteiger partial charge in [0.15, 0.2) is 34.5 Å². The van der Waals surface area contributed by atoms with Gasteiger partial charge in [0.2, 0.25) is 0 Å². The number of phenolic OH excluding ortho intramolecular Hbond substituents is 1. The Bertz CT molecular complexity index is 1900. The summed E-state index contributed by atoms with van der Waals surface area (Å²) in [6.45, 7) is 9.42. The van der Waals surface area contributed by atoms with Crippen LogP contribution in [0.1, 0.15) is 74.2 Å². The third-order valence-electron chi connectivity index (χ3n) is 10.9. The minimum Gasteiger partial charge on any atom is -0.507 e. The molecule has 8 heteroatoms. The molecular weight excluding hydrogens is 572 g/mol. The van der Waals surface area contributed by atoms with Crippen LogP contribution in [0.2, 0.25) is 0 Å². The topological polar surface area (TPSA) is 143 Å². The van der Waals surface area contributed by atoms with Crippen LogP contribution in [0.4, 0.5) is 0 Å². The maximum Gasteiger partial charge on any atom is 0.190 e. The lowest BCUT2D eigenvalue weighted by molar-refractivity contribution is -0.205. The van der Waals surface area contributed by atoms with Gasteiger partial charge < -0.3 is 10.2 Å². The van der Waals surface area contributed by atoms with E-state index in [-0.39, 0.29) is 29.9 Å². The molecule has 0 bridgehead atoms. The highest BCUT2D eigenvalue weighted by Gasteiger charge is 2.76. The molecule has 0 aromatic heterocycles. The van der Waals surface area contributed by atoms with Gasteiger partial charge in [-0.2, -0.15) is 0 Å². The number of Topliss-reactive ketones (excluding diaryl/α,β-unsaturated/α-hetero) is 6. The van der Waals surface area contributed by atoms with Crippen molar-refractivity contribution in [2.24, 2.45) is 34.5 Å². The van der Waals surface area contributed by atoms with Gasteiger partial charge >= 0.3 is 0 Å². The molecule has 3 aliphatic rings. The van der Waals surface area contributed by atoms with E-state index in [9.17, 15) is 39.0 Å². The Morgan fingerprint density at radius 3 is 2.09 bits per heavy atom. The quantitative estimate of drug-likeness (QED) is 0.307. The lowest BCUT2D eigenvalue weighted by Gasteiger charge is -2.61. The molecule has 3 aromatic rings. The van der Waals surface area contributed by atoms with Gasteiger partial charge in [-0.25, -0.2) is 0 Å². The van der Waals surface area contributed by atoms with Gasteiger partial charge in [-0.3, -0.25) is 28.8 Å². The van der Waals surface area contributed by atoms with E-state index in [2.05, 4.69) is 0 Å². The van der Waals surface area contributed by atoms with Crippen LogP contribution in [0.25, 0.3) is 21.9 Å². The number of hydrogen-bond donors (Lipinski definition) is 2. The van der Waals surface area contributed by atoms with E-state index >= 15 is 0 Å². The van der Waals surface area contributed by atoms with Crippen molar-refractivity contribution in [2.75, 3.05) is 0 Å². The van der Waals surface area contributed by atoms with Gasteiger partial charge in [-0.05, 0) is 71.6 Å². The van der Waals surface area contributed by atoms with Gasteiger partial charge in [0.25, 0.3) is 0 Å². The van der Waals surface area contributed by atoms with Crippen LogP contribution in [0, 0.1) is 34.5 Å². The summed E-state index contributed by atoms with van der Waals surface area (Å²) in [4.78, 5) is 81.5. The maximum absolute atomic E-state index is 14.5. The van der Waals surface area contributed by atoms with E-state index in [0.717, 1.165) is 23.3 Å². The zero-order valence-electron chi connectivity index (χ0n) is 26.2. The average Bonchev–Trinajstić information content (AvgIpc) is 2.94. The van der Waals surface area contributed by atoms with E-state index in [4.69, 9.17) is 0 Å². The first kappa shape index (κ1) is 30.7. The lowest BCUT2D eigenvalue weighted by atomic mass is 9.40. The molecule has 0 saturated heterocycles. The molecule has 0 radical (unpaired) electrons. The standard InChI is InChI=1S/C37H36O8/c1-17(2)29-31(41)27(19(4)39)33(43)37(45)34(44)30-32(42)28-25(15-35(30,5)16-36(29,37)6)24(13-14-26(28)40)23-12-11-20(18(3)38)21-9-7-8-10-22(21)23/h7-14,17,27,29-30,40,45H,15-16H2,1-6H3/t27?,29?,30?,35-,36-,37+/m1/s1. The minimum absolute atomic E-state index is 0.0256. The van der Waals surface area contributed by atoms with E-state index in [1.807, 2.05) is 30.3 Å². The summed E-state index contributed by atoms with van der Waals surface area (Å²) in [6, 6.07) is 14.1. The largest absolute Gasteiger partial charge is 0.507 e. The summed E-state index contributed by atoms with van der Waals surface area (Å²) in [5, 5.41) is 24.8. The van der Waals surface area contributed by atoms with Crippen molar-refractivity contribution in [1.82, 2.24) is 0 Å². The Morgan fingerprint density at radius 2 is 1.49 bits per heavy atom. The zero-order chi connectivity index (χ0) is 33.0. The fourth-order valence-electron chi connectivity index (χ4n) is 9.23. The number of phenols is 1. The number of fused-ring (bicyclic) bond motifs is 4. The molecule has 0 aliphatic heterocycles. The van der Waals surface area contributed by atoms with Gasteiger partial charge in [-0.1, -0.05) is 70.2 Å². The molecular formula is C37H36O8. The Morgan fingerprint density at radius 1 is 0.867 bits per heavy atom. The van der Waals surface area contributed by atoms with Gasteiger partial charge in [0.05, 0.1) is 11.5 Å². The Labute approximate surface area is 260 Å². The van der Waals surface area contributed by atoms with Crippen LogP contribution >= 0.6 is 0 Å². The van der Waals surface area contributed by atoms with Crippen LogP contribution in [0.5, 0.6) is 5.75 Å². The molecule has 6 atom stereocenters. The summed E-state index contributed by atoms with van der Waals surface area (Å²) in [5.41, 5.74) is -3.09. The van der Waals surface area contributed by atoms with Crippen LogP contribution in [-0.2, 0) is 25.6 Å². The number of carbonyl (C=O) groups is 6. The predicted octanol–water partition coefficient (Wildman–Crippen LogP) is 5.12. The average molecular weight is 609 g/mol. The highest BCUT2D eigenvalue weighted by Crippen LogP contribution is 2.64. The molecule has 6 rings (SSSR count). The van der Waals surface area contributed by atoms with Crippen molar-refractivity contribution in [3.63, 3.8) is 0 Å². The third kappa shape index (κ3) is 3.87. The van der Waals surface area contributed by atoms with E-state index < -0.39 is 69.0 Å². The minimum atomic E-state index is -2.74. The molecule has 3 aromatic carbocycles. The van der Waals surface area contributed by atoms with Crippen LogP contribution in [0.15, 0.2) is 48.5 Å². The van der Waals surface area contributed by atoms with Crippen molar-refractivity contribution >= 4 is 45.5 Å². The number of hydrogen-bond acceptors (Lipinski definition) is 8. The fourth-order valence-corrected chi connectivity index (χ4v) is 9.23. The summed E-state index contributed by atoms with van der Waals surface area (Å²) in [7, 11) is 0. The van der Waals surface area contributed by atoms with Crippen molar-refractivity contribution in [1.29, 1.82) is 0 Å². The van der Waals surface area contributed by atoms with Gasteiger partial charge in [-0.15, -0.1) is 0 Å². The van der Waals surface area contributed by atoms with Crippen molar-refractivity contribution in [2.45, 2.75) is 60.0 Å². The highest BCUT2D eigenvalue weighted by molar-refractivity contribution is 6.32. The second-order valence-corrected chi connectivity index (χ2v) is 14.1.